The van der Waals surface area contributed by atoms with Crippen LogP contribution in [0, 0.1) is 19.8 Å². The van der Waals surface area contributed by atoms with E-state index in [1.54, 1.807) is 0 Å². The van der Waals surface area contributed by atoms with Gasteiger partial charge in [0.25, 0.3) is 0 Å². The molecular formula is C16H28N2. The molecule has 0 aliphatic rings. The SMILES string of the molecule is CCNC(CC(CC)CC)c1ncc(C)cc1C. The molecule has 2 nitrogen and oxygen atoms in total. The van der Waals surface area contributed by atoms with Crippen LogP contribution in [0.5, 0.6) is 0 Å². The number of aryl methyl sites for hydroxylation is 2. The van der Waals surface area contributed by atoms with Gasteiger partial charge in [0, 0.05) is 12.2 Å². The molecular weight excluding hydrogens is 220 g/mol. The van der Waals surface area contributed by atoms with Crippen LogP contribution in [0.1, 0.15) is 62.9 Å². The van der Waals surface area contributed by atoms with Gasteiger partial charge in [0.05, 0.1) is 5.69 Å². The second-order valence-corrected chi connectivity index (χ2v) is 5.24. The van der Waals surface area contributed by atoms with Crippen molar-refractivity contribution in [2.75, 3.05) is 6.54 Å². The van der Waals surface area contributed by atoms with Gasteiger partial charge in [0.2, 0.25) is 0 Å². The predicted molar refractivity (Wildman–Crippen MR) is 78.8 cm³/mol. The molecule has 1 heterocycles. The van der Waals surface area contributed by atoms with E-state index in [2.05, 4.69) is 51.0 Å². The van der Waals surface area contributed by atoms with E-state index in [1.165, 1.54) is 36.1 Å². The van der Waals surface area contributed by atoms with E-state index in [4.69, 9.17) is 0 Å². The zero-order valence-electron chi connectivity index (χ0n) is 12.6. The van der Waals surface area contributed by atoms with Crippen LogP contribution in [0.15, 0.2) is 12.3 Å². The van der Waals surface area contributed by atoms with Crippen molar-refractivity contribution in [3.63, 3.8) is 0 Å². The number of aromatic nitrogens is 1. The van der Waals surface area contributed by atoms with Gasteiger partial charge >= 0.3 is 0 Å². The summed E-state index contributed by atoms with van der Waals surface area (Å²) in [6.45, 7) is 12.0. The van der Waals surface area contributed by atoms with Gasteiger partial charge < -0.3 is 5.32 Å². The first kappa shape index (κ1) is 15.2. The molecule has 0 spiro atoms. The normalized spacial score (nSPS) is 13.0. The van der Waals surface area contributed by atoms with E-state index in [-0.39, 0.29) is 0 Å². The maximum Gasteiger partial charge on any atom is 0.0602 e. The molecule has 0 saturated carbocycles. The Balaban J connectivity index is 2.89. The molecule has 1 aromatic heterocycles. The fourth-order valence-corrected chi connectivity index (χ4v) is 2.58. The van der Waals surface area contributed by atoms with Crippen molar-refractivity contribution in [2.24, 2.45) is 5.92 Å². The average molecular weight is 248 g/mol. The van der Waals surface area contributed by atoms with Gasteiger partial charge in [-0.3, -0.25) is 4.98 Å². The van der Waals surface area contributed by atoms with Crippen LogP contribution in [-0.2, 0) is 0 Å². The second kappa shape index (κ2) is 7.52. The van der Waals surface area contributed by atoms with Crippen LogP contribution in [0.3, 0.4) is 0 Å². The largest absolute Gasteiger partial charge is 0.309 e. The summed E-state index contributed by atoms with van der Waals surface area (Å²) in [7, 11) is 0. The predicted octanol–water partition coefficient (Wildman–Crippen LogP) is 4.18. The Labute approximate surface area is 112 Å². The lowest BCUT2D eigenvalue weighted by atomic mass is 9.91. The van der Waals surface area contributed by atoms with Crippen molar-refractivity contribution < 1.29 is 0 Å². The number of pyridine rings is 1. The number of nitrogens with one attached hydrogen (secondary N) is 1. The number of nitrogens with zero attached hydrogens (tertiary/aromatic N) is 1. The van der Waals surface area contributed by atoms with E-state index in [9.17, 15) is 0 Å². The van der Waals surface area contributed by atoms with Crippen LogP contribution >= 0.6 is 0 Å². The van der Waals surface area contributed by atoms with Crippen LogP contribution in [-0.4, -0.2) is 11.5 Å². The van der Waals surface area contributed by atoms with Crippen molar-refractivity contribution in [1.29, 1.82) is 0 Å². The minimum atomic E-state index is 0.403. The molecule has 1 rings (SSSR count). The maximum absolute atomic E-state index is 4.66. The summed E-state index contributed by atoms with van der Waals surface area (Å²) in [6, 6.07) is 2.64. The van der Waals surface area contributed by atoms with Crippen LogP contribution in [0.2, 0.25) is 0 Å². The van der Waals surface area contributed by atoms with Gasteiger partial charge in [0.1, 0.15) is 0 Å². The van der Waals surface area contributed by atoms with Gasteiger partial charge in [-0.2, -0.15) is 0 Å². The topological polar surface area (TPSA) is 24.9 Å². The molecule has 1 unspecified atom stereocenters. The molecule has 2 heteroatoms. The van der Waals surface area contributed by atoms with Crippen LogP contribution < -0.4 is 5.32 Å². The van der Waals surface area contributed by atoms with E-state index in [0.29, 0.717) is 6.04 Å². The lowest BCUT2D eigenvalue weighted by molar-refractivity contribution is 0.370. The summed E-state index contributed by atoms with van der Waals surface area (Å²) < 4.78 is 0. The minimum absolute atomic E-state index is 0.403. The van der Waals surface area contributed by atoms with Crippen molar-refractivity contribution in [3.8, 4) is 0 Å². The molecule has 102 valence electrons. The third kappa shape index (κ3) is 4.09. The fourth-order valence-electron chi connectivity index (χ4n) is 2.58. The summed E-state index contributed by atoms with van der Waals surface area (Å²) in [4.78, 5) is 4.66. The Morgan fingerprint density at radius 1 is 1.17 bits per heavy atom. The minimum Gasteiger partial charge on any atom is -0.309 e. The van der Waals surface area contributed by atoms with E-state index in [0.717, 1.165) is 12.5 Å². The van der Waals surface area contributed by atoms with Crippen LogP contribution in [0.4, 0.5) is 0 Å². The Morgan fingerprint density at radius 2 is 1.83 bits per heavy atom. The van der Waals surface area contributed by atoms with Crippen LogP contribution in [0.25, 0.3) is 0 Å². The zero-order chi connectivity index (χ0) is 13.5. The van der Waals surface area contributed by atoms with E-state index < -0.39 is 0 Å². The van der Waals surface area contributed by atoms with Gasteiger partial charge in [0.15, 0.2) is 0 Å². The Hall–Kier alpha value is -0.890. The molecule has 0 aliphatic carbocycles. The molecule has 0 bridgehead atoms. The van der Waals surface area contributed by atoms with E-state index in [1.807, 2.05) is 6.20 Å². The molecule has 0 radical (unpaired) electrons. The highest BCUT2D eigenvalue weighted by molar-refractivity contribution is 5.25. The molecule has 1 aromatic rings. The van der Waals surface area contributed by atoms with Crippen molar-refractivity contribution >= 4 is 0 Å². The first-order valence-electron chi connectivity index (χ1n) is 7.28. The Bertz CT molecular complexity index is 356. The molecule has 18 heavy (non-hydrogen) atoms. The maximum atomic E-state index is 4.66. The van der Waals surface area contributed by atoms with Crippen molar-refractivity contribution in [2.45, 2.75) is 59.9 Å². The molecule has 1 N–H and O–H groups in total. The lowest BCUT2D eigenvalue weighted by Gasteiger charge is -2.23. The van der Waals surface area contributed by atoms with Crippen molar-refractivity contribution in [3.05, 3.63) is 29.1 Å². The third-order valence-corrected chi connectivity index (χ3v) is 3.76. The summed E-state index contributed by atoms with van der Waals surface area (Å²) in [6.07, 6.45) is 5.68. The molecule has 0 fully saturated rings. The number of rotatable bonds is 7. The zero-order valence-corrected chi connectivity index (χ0v) is 12.6. The molecule has 0 aliphatic heterocycles. The summed E-state index contributed by atoms with van der Waals surface area (Å²) in [5.41, 5.74) is 3.79. The fraction of sp³-hybridized carbons (Fsp3) is 0.688. The van der Waals surface area contributed by atoms with Gasteiger partial charge in [-0.05, 0) is 43.9 Å². The molecule has 0 aromatic carbocycles. The summed E-state index contributed by atoms with van der Waals surface area (Å²) in [5.74, 6) is 0.788. The van der Waals surface area contributed by atoms with Gasteiger partial charge in [-0.1, -0.05) is 39.7 Å². The lowest BCUT2D eigenvalue weighted by Crippen LogP contribution is -2.25. The highest BCUT2D eigenvalue weighted by Crippen LogP contribution is 2.26. The number of hydrogen-bond acceptors (Lipinski definition) is 2. The second-order valence-electron chi connectivity index (χ2n) is 5.24. The average Bonchev–Trinajstić information content (AvgIpc) is 2.35. The molecule has 0 amide bonds. The third-order valence-electron chi connectivity index (χ3n) is 3.76. The van der Waals surface area contributed by atoms with Crippen molar-refractivity contribution in [1.82, 2.24) is 10.3 Å². The first-order valence-corrected chi connectivity index (χ1v) is 7.28. The highest BCUT2D eigenvalue weighted by atomic mass is 14.9. The summed E-state index contributed by atoms with van der Waals surface area (Å²) >= 11 is 0. The molecule has 1 atom stereocenters. The monoisotopic (exact) mass is 248 g/mol. The highest BCUT2D eigenvalue weighted by Gasteiger charge is 2.18. The summed E-state index contributed by atoms with van der Waals surface area (Å²) in [5, 5.41) is 3.60. The first-order chi connectivity index (χ1) is 8.62. The quantitative estimate of drug-likeness (QED) is 0.783. The molecule has 0 saturated heterocycles. The standard InChI is InChI=1S/C16H28N2/c1-6-14(7-2)10-15(17-8-3)16-13(5)9-12(4)11-18-16/h9,11,14-15,17H,6-8,10H2,1-5H3. The van der Waals surface area contributed by atoms with Gasteiger partial charge in [-0.15, -0.1) is 0 Å². The van der Waals surface area contributed by atoms with E-state index >= 15 is 0 Å². The Morgan fingerprint density at radius 3 is 2.33 bits per heavy atom. The number of hydrogen-bond donors (Lipinski definition) is 1. The smallest absolute Gasteiger partial charge is 0.0602 e. The Kier molecular flexibility index (Phi) is 6.34. The van der Waals surface area contributed by atoms with Gasteiger partial charge in [-0.25, -0.2) is 0 Å².